The van der Waals surface area contributed by atoms with Gasteiger partial charge >= 0.3 is 12.1 Å². The Balaban J connectivity index is 2.50. The number of hydrogen-bond donors (Lipinski definition) is 2. The third-order valence-electron chi connectivity index (χ3n) is 2.01. The summed E-state index contributed by atoms with van der Waals surface area (Å²) in [5.74, 6) is -1.04. The molecule has 0 bridgehead atoms. The van der Waals surface area contributed by atoms with Crippen LogP contribution < -0.4 is 5.32 Å². The lowest BCUT2D eigenvalue weighted by molar-refractivity contribution is -0.140. The van der Waals surface area contributed by atoms with Crippen LogP contribution in [0.15, 0.2) is 0 Å². The second kappa shape index (κ2) is 4.11. The third-order valence-corrected chi connectivity index (χ3v) is 2.01. The average Bonchev–Trinajstić information content (AvgIpc) is 2.43. The van der Waals surface area contributed by atoms with Crippen molar-refractivity contribution in [1.29, 1.82) is 0 Å². The predicted molar refractivity (Wildman–Crippen MR) is 44.4 cm³/mol. The molecule has 1 fully saturated rings. The summed E-state index contributed by atoms with van der Waals surface area (Å²) in [6, 6.07) is -0.876. The van der Waals surface area contributed by atoms with E-state index in [0.717, 1.165) is 12.8 Å². The highest BCUT2D eigenvalue weighted by atomic mass is 16.6. The number of nitrogens with one attached hydrogen (secondary N) is 1. The normalized spacial score (nSPS) is 26.7. The molecule has 1 aliphatic heterocycles. The molecule has 13 heavy (non-hydrogen) atoms. The Morgan fingerprint density at radius 2 is 2.38 bits per heavy atom. The lowest BCUT2D eigenvalue weighted by Gasteiger charge is -2.11. The number of alkyl carbamates (subject to hydrolysis) is 1. The van der Waals surface area contributed by atoms with Crippen LogP contribution in [-0.2, 0) is 9.53 Å². The molecule has 0 saturated carbocycles. The van der Waals surface area contributed by atoms with Gasteiger partial charge in [0.1, 0.15) is 6.10 Å². The van der Waals surface area contributed by atoms with E-state index in [-0.39, 0.29) is 0 Å². The molecule has 0 aromatic heterocycles. The van der Waals surface area contributed by atoms with E-state index in [1.165, 1.54) is 0 Å². The fourth-order valence-electron chi connectivity index (χ4n) is 1.31. The maximum atomic E-state index is 10.7. The van der Waals surface area contributed by atoms with Gasteiger partial charge in [-0.3, -0.25) is 0 Å². The maximum absolute atomic E-state index is 10.7. The standard InChI is InChI=1S/C8H13NO4/c1-2-3-4-5-6(7(10)11)9-8(12)13-5/h5-6H,2-4H2,1H3,(H,9,12)(H,10,11)/t5-,6+/m1/s1. The number of carbonyl (C=O) groups excluding carboxylic acids is 1. The number of aliphatic carboxylic acids is 1. The van der Waals surface area contributed by atoms with Crippen LogP contribution in [0.25, 0.3) is 0 Å². The van der Waals surface area contributed by atoms with E-state index in [9.17, 15) is 9.59 Å². The highest BCUT2D eigenvalue weighted by Gasteiger charge is 2.38. The fraction of sp³-hybridized carbons (Fsp3) is 0.750. The van der Waals surface area contributed by atoms with Crippen LogP contribution in [0.3, 0.4) is 0 Å². The SMILES string of the molecule is CCCC[C@H]1OC(=O)N[C@@H]1C(=O)O. The van der Waals surface area contributed by atoms with Crippen molar-refractivity contribution in [2.24, 2.45) is 0 Å². The van der Waals surface area contributed by atoms with Gasteiger partial charge in [0.15, 0.2) is 6.04 Å². The molecular formula is C8H13NO4. The van der Waals surface area contributed by atoms with Crippen molar-refractivity contribution in [3.05, 3.63) is 0 Å². The summed E-state index contributed by atoms with van der Waals surface area (Å²) in [6.45, 7) is 2.00. The molecule has 0 unspecified atom stereocenters. The Hall–Kier alpha value is -1.26. The highest BCUT2D eigenvalue weighted by Crippen LogP contribution is 2.15. The smallest absolute Gasteiger partial charge is 0.408 e. The number of rotatable bonds is 4. The monoisotopic (exact) mass is 187 g/mol. The molecule has 1 rings (SSSR count). The Labute approximate surface area is 76.1 Å². The minimum atomic E-state index is -1.04. The van der Waals surface area contributed by atoms with Crippen LogP contribution in [-0.4, -0.2) is 29.3 Å². The van der Waals surface area contributed by atoms with Gasteiger partial charge in [0.25, 0.3) is 0 Å². The van der Waals surface area contributed by atoms with E-state index in [4.69, 9.17) is 9.84 Å². The van der Waals surface area contributed by atoms with Crippen LogP contribution in [0.5, 0.6) is 0 Å². The van der Waals surface area contributed by atoms with Crippen LogP contribution in [0.2, 0.25) is 0 Å². The molecule has 1 amide bonds. The average molecular weight is 187 g/mol. The van der Waals surface area contributed by atoms with Crippen LogP contribution in [0.4, 0.5) is 4.79 Å². The number of carbonyl (C=O) groups is 2. The second-order valence-electron chi connectivity index (χ2n) is 3.05. The summed E-state index contributed by atoms with van der Waals surface area (Å²) >= 11 is 0. The van der Waals surface area contributed by atoms with Gasteiger partial charge in [-0.1, -0.05) is 13.3 Å². The largest absolute Gasteiger partial charge is 0.480 e. The van der Waals surface area contributed by atoms with Gasteiger partial charge < -0.3 is 15.2 Å². The van der Waals surface area contributed by atoms with E-state index in [2.05, 4.69) is 5.32 Å². The van der Waals surface area contributed by atoms with Gasteiger partial charge in [-0.2, -0.15) is 0 Å². The molecular weight excluding hydrogens is 174 g/mol. The topological polar surface area (TPSA) is 75.6 Å². The van der Waals surface area contributed by atoms with Gasteiger partial charge in [0.05, 0.1) is 0 Å². The van der Waals surface area contributed by atoms with Crippen molar-refractivity contribution in [3.8, 4) is 0 Å². The van der Waals surface area contributed by atoms with Crippen molar-refractivity contribution in [3.63, 3.8) is 0 Å². The predicted octanol–water partition coefficient (Wildman–Crippen LogP) is 0.738. The summed E-state index contributed by atoms with van der Waals surface area (Å²) in [5.41, 5.74) is 0. The number of hydrogen-bond acceptors (Lipinski definition) is 3. The van der Waals surface area contributed by atoms with Gasteiger partial charge in [-0.25, -0.2) is 9.59 Å². The molecule has 74 valence electrons. The van der Waals surface area contributed by atoms with Crippen LogP contribution in [0.1, 0.15) is 26.2 Å². The first kappa shape index (κ1) is 9.83. The summed E-state index contributed by atoms with van der Waals surface area (Å²) in [5, 5.41) is 11.0. The van der Waals surface area contributed by atoms with Crippen molar-refractivity contribution in [1.82, 2.24) is 5.32 Å². The number of unbranched alkanes of at least 4 members (excludes halogenated alkanes) is 1. The molecule has 1 saturated heterocycles. The van der Waals surface area contributed by atoms with Crippen molar-refractivity contribution in [2.75, 3.05) is 0 Å². The molecule has 0 aromatic carbocycles. The minimum absolute atomic E-state index is 0.509. The quantitative estimate of drug-likeness (QED) is 0.680. The van der Waals surface area contributed by atoms with Crippen LogP contribution in [0, 0.1) is 0 Å². The Morgan fingerprint density at radius 3 is 2.92 bits per heavy atom. The first-order chi connectivity index (χ1) is 6.15. The molecule has 5 nitrogen and oxygen atoms in total. The summed E-state index contributed by atoms with van der Waals surface area (Å²) < 4.78 is 4.81. The fourth-order valence-corrected chi connectivity index (χ4v) is 1.31. The molecule has 0 aromatic rings. The number of ether oxygens (including phenoxy) is 1. The Morgan fingerprint density at radius 1 is 1.69 bits per heavy atom. The van der Waals surface area contributed by atoms with E-state index < -0.39 is 24.2 Å². The summed E-state index contributed by atoms with van der Waals surface area (Å²) in [6.07, 6.45) is 1.29. The molecule has 2 atom stereocenters. The van der Waals surface area contributed by atoms with E-state index in [0.29, 0.717) is 6.42 Å². The molecule has 0 aliphatic carbocycles. The summed E-state index contributed by atoms with van der Waals surface area (Å²) in [4.78, 5) is 21.4. The molecule has 1 aliphatic rings. The van der Waals surface area contributed by atoms with E-state index in [1.807, 2.05) is 6.92 Å². The Bertz CT molecular complexity index is 216. The van der Waals surface area contributed by atoms with E-state index in [1.54, 1.807) is 0 Å². The van der Waals surface area contributed by atoms with E-state index >= 15 is 0 Å². The molecule has 5 heteroatoms. The third kappa shape index (κ3) is 2.34. The van der Waals surface area contributed by atoms with Gasteiger partial charge in [0, 0.05) is 0 Å². The highest BCUT2D eigenvalue weighted by molar-refractivity contribution is 5.83. The van der Waals surface area contributed by atoms with Gasteiger partial charge in [0.2, 0.25) is 0 Å². The van der Waals surface area contributed by atoms with Crippen molar-refractivity contribution < 1.29 is 19.4 Å². The number of carboxylic acids is 1. The first-order valence-electron chi connectivity index (χ1n) is 4.35. The van der Waals surface area contributed by atoms with Crippen molar-refractivity contribution >= 4 is 12.1 Å². The molecule has 2 N–H and O–H groups in total. The van der Waals surface area contributed by atoms with Gasteiger partial charge in [-0.05, 0) is 12.8 Å². The first-order valence-corrected chi connectivity index (χ1v) is 4.35. The lowest BCUT2D eigenvalue weighted by Crippen LogP contribution is -2.39. The van der Waals surface area contributed by atoms with Crippen LogP contribution >= 0.6 is 0 Å². The minimum Gasteiger partial charge on any atom is -0.480 e. The molecule has 0 spiro atoms. The number of cyclic esters (lactones) is 1. The van der Waals surface area contributed by atoms with Crippen molar-refractivity contribution in [2.45, 2.75) is 38.3 Å². The zero-order chi connectivity index (χ0) is 9.84. The maximum Gasteiger partial charge on any atom is 0.408 e. The molecule has 0 radical (unpaired) electrons. The Kier molecular flexibility index (Phi) is 3.11. The molecule has 1 heterocycles. The zero-order valence-electron chi connectivity index (χ0n) is 7.45. The number of amides is 1. The lowest BCUT2D eigenvalue weighted by atomic mass is 10.1. The second-order valence-corrected chi connectivity index (χ2v) is 3.05. The van der Waals surface area contributed by atoms with Gasteiger partial charge in [-0.15, -0.1) is 0 Å². The summed E-state index contributed by atoms with van der Waals surface area (Å²) in [7, 11) is 0. The zero-order valence-corrected chi connectivity index (χ0v) is 7.45. The number of carboxylic acid groups (broad SMARTS) is 1.